The van der Waals surface area contributed by atoms with Crippen molar-refractivity contribution in [3.05, 3.63) is 94.5 Å². The second-order valence-corrected chi connectivity index (χ2v) is 8.01. The third-order valence-corrected chi connectivity index (χ3v) is 5.95. The number of nitro groups is 1. The molecule has 0 radical (unpaired) electrons. The zero-order valence-corrected chi connectivity index (χ0v) is 17.1. The number of benzene rings is 3. The Morgan fingerprint density at radius 3 is 2.37 bits per heavy atom. The van der Waals surface area contributed by atoms with Crippen LogP contribution < -0.4 is 15.3 Å². The molecule has 30 heavy (non-hydrogen) atoms. The third-order valence-electron chi connectivity index (χ3n) is 3.98. The second kappa shape index (κ2) is 9.82. The van der Waals surface area contributed by atoms with Gasteiger partial charge in [-0.3, -0.25) is 20.1 Å². The van der Waals surface area contributed by atoms with Crippen LogP contribution in [0, 0.1) is 10.1 Å². The Morgan fingerprint density at radius 1 is 1.03 bits per heavy atom. The second-order valence-electron chi connectivity index (χ2n) is 6.05. The zero-order valence-electron chi connectivity index (χ0n) is 16.2. The van der Waals surface area contributed by atoms with Crippen molar-refractivity contribution in [2.75, 3.05) is 12.0 Å². The molecule has 1 atom stereocenters. The number of non-ortho nitro benzene ring substituents is 1. The van der Waals surface area contributed by atoms with Gasteiger partial charge in [-0.05, 0) is 43.3 Å². The molecule has 0 aliphatic heterocycles. The van der Waals surface area contributed by atoms with E-state index in [0.29, 0.717) is 22.3 Å². The SMILES string of the molecule is CCOP(=O)(Oc1ccccc1/C=N/Nc1ccc([N+](=O)[O-])cc1)c1ccccc1. The van der Waals surface area contributed by atoms with Gasteiger partial charge in [0.25, 0.3) is 5.69 Å². The van der Waals surface area contributed by atoms with E-state index < -0.39 is 12.5 Å². The van der Waals surface area contributed by atoms with Gasteiger partial charge in [0.05, 0.1) is 28.7 Å². The van der Waals surface area contributed by atoms with Crippen LogP contribution >= 0.6 is 7.60 Å². The predicted molar refractivity (Wildman–Crippen MR) is 117 cm³/mol. The van der Waals surface area contributed by atoms with E-state index in [2.05, 4.69) is 10.5 Å². The first-order valence-corrected chi connectivity index (χ1v) is 10.7. The molecule has 0 bridgehead atoms. The van der Waals surface area contributed by atoms with Gasteiger partial charge < -0.3 is 4.52 Å². The normalized spacial score (nSPS) is 13.0. The van der Waals surface area contributed by atoms with Gasteiger partial charge in [-0.2, -0.15) is 5.10 Å². The van der Waals surface area contributed by atoms with E-state index in [1.807, 2.05) is 6.07 Å². The number of nitro benzene ring substituents is 1. The standard InChI is InChI=1S/C21H20N3O5P/c1-2-28-30(27,20-9-4-3-5-10-20)29-21-11-7-6-8-17(21)16-22-23-18-12-14-19(15-13-18)24(25)26/h3-16,23H,2H2,1H3/b22-16+. The van der Waals surface area contributed by atoms with E-state index in [1.165, 1.54) is 18.3 Å². The molecule has 0 aromatic heterocycles. The molecule has 0 aliphatic rings. The summed E-state index contributed by atoms with van der Waals surface area (Å²) in [5.41, 5.74) is 3.96. The highest BCUT2D eigenvalue weighted by atomic mass is 31.2. The Hall–Kier alpha value is -3.48. The Morgan fingerprint density at radius 2 is 1.70 bits per heavy atom. The highest BCUT2D eigenvalue weighted by molar-refractivity contribution is 7.62. The first-order chi connectivity index (χ1) is 14.5. The lowest BCUT2D eigenvalue weighted by atomic mass is 10.2. The van der Waals surface area contributed by atoms with Crippen molar-refractivity contribution >= 4 is 30.5 Å². The largest absolute Gasteiger partial charge is 0.421 e. The summed E-state index contributed by atoms with van der Waals surface area (Å²) in [7, 11) is -3.57. The van der Waals surface area contributed by atoms with Crippen LogP contribution in [0.25, 0.3) is 0 Å². The highest BCUT2D eigenvalue weighted by Gasteiger charge is 2.29. The summed E-state index contributed by atoms with van der Waals surface area (Å²) in [5.74, 6) is 0.354. The van der Waals surface area contributed by atoms with Crippen molar-refractivity contribution in [3.8, 4) is 5.75 Å². The van der Waals surface area contributed by atoms with E-state index in [0.717, 1.165) is 0 Å². The first kappa shape index (κ1) is 21.2. The van der Waals surface area contributed by atoms with Crippen LogP contribution in [-0.2, 0) is 9.09 Å². The zero-order chi connectivity index (χ0) is 21.4. The predicted octanol–water partition coefficient (Wildman–Crippen LogP) is 4.97. The summed E-state index contributed by atoms with van der Waals surface area (Å²) in [4.78, 5) is 10.3. The van der Waals surface area contributed by atoms with Crippen LogP contribution in [0.4, 0.5) is 11.4 Å². The van der Waals surface area contributed by atoms with Crippen molar-refractivity contribution < 1.29 is 18.5 Å². The van der Waals surface area contributed by atoms with Gasteiger partial charge in [0, 0.05) is 17.7 Å². The molecular formula is C21H20N3O5P. The average molecular weight is 425 g/mol. The number of nitrogens with zero attached hydrogens (tertiary/aromatic N) is 2. The van der Waals surface area contributed by atoms with Gasteiger partial charge in [-0.1, -0.05) is 30.3 Å². The summed E-state index contributed by atoms with van der Waals surface area (Å²) in [6.45, 7) is 1.98. The quantitative estimate of drug-likeness (QED) is 0.225. The van der Waals surface area contributed by atoms with Crippen molar-refractivity contribution in [3.63, 3.8) is 0 Å². The van der Waals surface area contributed by atoms with Crippen molar-refractivity contribution in [1.82, 2.24) is 0 Å². The molecule has 1 N–H and O–H groups in total. The molecule has 0 fully saturated rings. The molecule has 0 saturated heterocycles. The van der Waals surface area contributed by atoms with Crippen LogP contribution in [0.2, 0.25) is 0 Å². The lowest BCUT2D eigenvalue weighted by molar-refractivity contribution is -0.384. The lowest BCUT2D eigenvalue weighted by Crippen LogP contribution is -2.13. The molecule has 1 unspecified atom stereocenters. The van der Waals surface area contributed by atoms with Crippen molar-refractivity contribution in [2.45, 2.75) is 6.92 Å². The Kier molecular flexibility index (Phi) is 6.95. The molecule has 0 amide bonds. The average Bonchev–Trinajstić information content (AvgIpc) is 2.76. The van der Waals surface area contributed by atoms with Gasteiger partial charge in [0.2, 0.25) is 0 Å². The van der Waals surface area contributed by atoms with Crippen molar-refractivity contribution in [2.24, 2.45) is 5.10 Å². The molecule has 3 aromatic carbocycles. The fourth-order valence-electron chi connectivity index (χ4n) is 2.57. The fourth-order valence-corrected chi connectivity index (χ4v) is 4.18. The molecule has 3 rings (SSSR count). The maximum atomic E-state index is 13.4. The van der Waals surface area contributed by atoms with E-state index in [4.69, 9.17) is 9.05 Å². The van der Waals surface area contributed by atoms with Gasteiger partial charge in [-0.15, -0.1) is 0 Å². The summed E-state index contributed by atoms with van der Waals surface area (Å²) >= 11 is 0. The molecule has 0 aliphatic carbocycles. The first-order valence-electron chi connectivity index (χ1n) is 9.14. The molecular weight excluding hydrogens is 405 g/mol. The number of hydrogen-bond acceptors (Lipinski definition) is 7. The van der Waals surface area contributed by atoms with E-state index in [-0.39, 0.29) is 12.3 Å². The topological polar surface area (TPSA) is 103 Å². The van der Waals surface area contributed by atoms with Gasteiger partial charge >= 0.3 is 7.60 Å². The summed E-state index contributed by atoms with van der Waals surface area (Å²) in [5, 5.41) is 15.3. The van der Waals surface area contributed by atoms with Gasteiger partial charge in [0.15, 0.2) is 0 Å². The Bertz CT molecular complexity index is 1070. The number of hydrogen-bond donors (Lipinski definition) is 1. The molecule has 0 heterocycles. The molecule has 0 saturated carbocycles. The highest BCUT2D eigenvalue weighted by Crippen LogP contribution is 2.47. The van der Waals surface area contributed by atoms with E-state index >= 15 is 0 Å². The molecule has 9 heteroatoms. The number of para-hydroxylation sites is 1. The van der Waals surface area contributed by atoms with Crippen molar-refractivity contribution in [1.29, 1.82) is 0 Å². The summed E-state index contributed by atoms with van der Waals surface area (Å²) in [6, 6.07) is 21.6. The Labute approximate surface area is 173 Å². The lowest BCUT2D eigenvalue weighted by Gasteiger charge is -2.19. The maximum absolute atomic E-state index is 13.4. The van der Waals surface area contributed by atoms with E-state index in [1.54, 1.807) is 67.6 Å². The molecule has 154 valence electrons. The van der Waals surface area contributed by atoms with Crippen LogP contribution in [0.15, 0.2) is 84.0 Å². The number of rotatable bonds is 9. The minimum absolute atomic E-state index is 0.00383. The van der Waals surface area contributed by atoms with Crippen LogP contribution in [-0.4, -0.2) is 17.7 Å². The summed E-state index contributed by atoms with van der Waals surface area (Å²) in [6.07, 6.45) is 1.51. The van der Waals surface area contributed by atoms with Gasteiger partial charge in [0.1, 0.15) is 5.75 Å². The monoisotopic (exact) mass is 425 g/mol. The third kappa shape index (κ3) is 5.31. The molecule has 0 spiro atoms. The minimum atomic E-state index is -3.57. The smallest absolute Gasteiger partial charge is 0.410 e. The minimum Gasteiger partial charge on any atom is -0.421 e. The number of nitrogens with one attached hydrogen (secondary N) is 1. The van der Waals surface area contributed by atoms with Crippen LogP contribution in [0.1, 0.15) is 12.5 Å². The van der Waals surface area contributed by atoms with E-state index in [9.17, 15) is 14.7 Å². The number of hydrazone groups is 1. The van der Waals surface area contributed by atoms with Crippen LogP contribution in [0.5, 0.6) is 5.75 Å². The van der Waals surface area contributed by atoms with Gasteiger partial charge in [-0.25, -0.2) is 4.57 Å². The maximum Gasteiger partial charge on any atom is 0.410 e. The fraction of sp³-hybridized carbons (Fsp3) is 0.0952. The summed E-state index contributed by atoms with van der Waals surface area (Å²) < 4.78 is 24.7. The van der Waals surface area contributed by atoms with Crippen LogP contribution in [0.3, 0.4) is 0 Å². The molecule has 8 nitrogen and oxygen atoms in total. The molecule has 3 aromatic rings. The Balaban J connectivity index is 1.79. The number of anilines is 1.